The zero-order valence-electron chi connectivity index (χ0n) is 14.2. The van der Waals surface area contributed by atoms with Crippen LogP contribution in [0.5, 0.6) is 0 Å². The predicted molar refractivity (Wildman–Crippen MR) is 97.3 cm³/mol. The molecular formula is C18H23N3O2S. The second kappa shape index (κ2) is 9.45. The first kappa shape index (κ1) is 18.5. The molecule has 6 heteroatoms. The number of nitriles is 1. The first-order chi connectivity index (χ1) is 11.7. The highest BCUT2D eigenvalue weighted by Gasteiger charge is 2.34. The summed E-state index contributed by atoms with van der Waals surface area (Å²) < 4.78 is 5.32. The average Bonchev–Trinajstić information content (AvgIpc) is 3.04. The van der Waals surface area contributed by atoms with Crippen molar-refractivity contribution in [3.8, 4) is 6.07 Å². The molecule has 0 saturated carbocycles. The summed E-state index contributed by atoms with van der Waals surface area (Å²) in [6.45, 7) is 6.13. The van der Waals surface area contributed by atoms with Gasteiger partial charge in [-0.25, -0.2) is 0 Å². The molecule has 0 radical (unpaired) electrons. The van der Waals surface area contributed by atoms with Gasteiger partial charge in [0.25, 0.3) is 5.91 Å². The number of carbonyl (C=O) groups is 1. The zero-order chi connectivity index (χ0) is 17.4. The number of thioether (sulfide) groups is 1. The molecule has 1 aliphatic heterocycles. The van der Waals surface area contributed by atoms with E-state index >= 15 is 0 Å². The highest BCUT2D eigenvalue weighted by atomic mass is 32.2. The Labute approximate surface area is 147 Å². The third-order valence-electron chi connectivity index (χ3n) is 3.83. The lowest BCUT2D eigenvalue weighted by molar-refractivity contribution is 0.0819. The van der Waals surface area contributed by atoms with Crippen LogP contribution in [0.2, 0.25) is 0 Å². The Bertz CT molecular complexity index is 622. The Morgan fingerprint density at radius 2 is 2.17 bits per heavy atom. The van der Waals surface area contributed by atoms with Crippen LogP contribution in [-0.4, -0.2) is 47.5 Å². The summed E-state index contributed by atoms with van der Waals surface area (Å²) in [7, 11) is 0. The summed E-state index contributed by atoms with van der Waals surface area (Å²) in [6, 6.07) is 9.02. The maximum absolute atomic E-state index is 12.9. The minimum Gasteiger partial charge on any atom is -0.382 e. The number of carbonyl (C=O) groups excluding carboxylic acids is 1. The number of rotatable bonds is 7. The fraction of sp³-hybridized carbons (Fsp3) is 0.500. The third kappa shape index (κ3) is 4.59. The monoisotopic (exact) mass is 345 g/mol. The van der Waals surface area contributed by atoms with Crippen molar-refractivity contribution >= 4 is 22.8 Å². The standard InChI is InChI=1S/C18H23N3O2S/c1-3-16-13-24-18(20-10-5-11-23-4-2)21(16)17(22)15-8-6-14(12-19)7-9-15/h6-9,16H,3-5,10-11,13H2,1-2H3/t16-/m0/s1. The van der Waals surface area contributed by atoms with E-state index in [4.69, 9.17) is 10.00 Å². The van der Waals surface area contributed by atoms with Gasteiger partial charge < -0.3 is 4.74 Å². The molecule has 0 spiro atoms. The van der Waals surface area contributed by atoms with E-state index in [0.29, 0.717) is 30.9 Å². The van der Waals surface area contributed by atoms with Crippen molar-refractivity contribution in [2.45, 2.75) is 32.7 Å². The molecule has 0 aromatic heterocycles. The van der Waals surface area contributed by atoms with E-state index in [1.54, 1.807) is 36.0 Å². The molecule has 1 heterocycles. The first-order valence-electron chi connectivity index (χ1n) is 8.30. The maximum Gasteiger partial charge on any atom is 0.260 e. The molecule has 1 amide bonds. The van der Waals surface area contributed by atoms with Crippen molar-refractivity contribution in [3.05, 3.63) is 35.4 Å². The van der Waals surface area contributed by atoms with Crippen LogP contribution in [0, 0.1) is 11.3 Å². The normalized spacial score (nSPS) is 18.8. The van der Waals surface area contributed by atoms with Crippen LogP contribution < -0.4 is 0 Å². The average molecular weight is 345 g/mol. The lowest BCUT2D eigenvalue weighted by Crippen LogP contribution is -2.39. The van der Waals surface area contributed by atoms with Crippen LogP contribution in [0.3, 0.4) is 0 Å². The van der Waals surface area contributed by atoms with Gasteiger partial charge in [0, 0.05) is 37.1 Å². The number of hydrogen-bond donors (Lipinski definition) is 0. The molecule has 24 heavy (non-hydrogen) atoms. The van der Waals surface area contributed by atoms with Gasteiger partial charge in [0.05, 0.1) is 11.6 Å². The summed E-state index contributed by atoms with van der Waals surface area (Å²) in [4.78, 5) is 19.3. The number of amidine groups is 1. The van der Waals surface area contributed by atoms with Crippen LogP contribution in [0.4, 0.5) is 0 Å². The number of aliphatic imine (C=N–C) groups is 1. The van der Waals surface area contributed by atoms with E-state index in [1.807, 2.05) is 11.8 Å². The third-order valence-corrected chi connectivity index (χ3v) is 4.96. The predicted octanol–water partition coefficient (Wildman–Crippen LogP) is 3.31. The molecule has 0 unspecified atom stereocenters. The summed E-state index contributed by atoms with van der Waals surface area (Å²) in [5.74, 6) is 0.836. The van der Waals surface area contributed by atoms with Gasteiger partial charge in [-0.3, -0.25) is 14.7 Å². The van der Waals surface area contributed by atoms with Crippen LogP contribution in [0.25, 0.3) is 0 Å². The van der Waals surface area contributed by atoms with Gasteiger partial charge in [-0.2, -0.15) is 5.26 Å². The molecule has 1 saturated heterocycles. The molecular weight excluding hydrogens is 322 g/mol. The van der Waals surface area contributed by atoms with Crippen LogP contribution in [-0.2, 0) is 4.74 Å². The highest BCUT2D eigenvalue weighted by molar-refractivity contribution is 8.14. The van der Waals surface area contributed by atoms with E-state index in [9.17, 15) is 4.79 Å². The van der Waals surface area contributed by atoms with Gasteiger partial charge in [-0.05, 0) is 44.0 Å². The van der Waals surface area contributed by atoms with Crippen molar-refractivity contribution in [3.63, 3.8) is 0 Å². The van der Waals surface area contributed by atoms with E-state index in [0.717, 1.165) is 23.8 Å². The minimum absolute atomic E-state index is 0.0418. The molecule has 1 aromatic carbocycles. The molecule has 1 atom stereocenters. The van der Waals surface area contributed by atoms with Crippen LogP contribution in [0.15, 0.2) is 29.3 Å². The topological polar surface area (TPSA) is 65.7 Å². The Balaban J connectivity index is 2.10. The molecule has 128 valence electrons. The van der Waals surface area contributed by atoms with Crippen LogP contribution >= 0.6 is 11.8 Å². The summed E-state index contributed by atoms with van der Waals surface area (Å²) in [5.41, 5.74) is 1.15. The molecule has 1 aliphatic rings. The van der Waals surface area contributed by atoms with Gasteiger partial charge in [0.15, 0.2) is 5.17 Å². The largest absolute Gasteiger partial charge is 0.382 e. The van der Waals surface area contributed by atoms with Gasteiger partial charge in [0.2, 0.25) is 0 Å². The summed E-state index contributed by atoms with van der Waals surface area (Å²) >= 11 is 1.64. The number of ether oxygens (including phenoxy) is 1. The number of benzene rings is 1. The summed E-state index contributed by atoms with van der Waals surface area (Å²) in [6.07, 6.45) is 1.75. The van der Waals surface area contributed by atoms with Gasteiger partial charge in [0.1, 0.15) is 0 Å². The molecule has 1 aromatic rings. The molecule has 0 aliphatic carbocycles. The lowest BCUT2D eigenvalue weighted by atomic mass is 10.1. The molecule has 0 N–H and O–H groups in total. The fourth-order valence-corrected chi connectivity index (χ4v) is 3.74. The maximum atomic E-state index is 12.9. The van der Waals surface area contributed by atoms with Gasteiger partial charge in [-0.1, -0.05) is 18.7 Å². The minimum atomic E-state index is -0.0418. The molecule has 0 bridgehead atoms. The number of amides is 1. The molecule has 2 rings (SSSR count). The van der Waals surface area contributed by atoms with Crippen molar-refractivity contribution in [1.29, 1.82) is 5.26 Å². The van der Waals surface area contributed by atoms with E-state index in [1.165, 1.54) is 0 Å². The number of hydrogen-bond acceptors (Lipinski definition) is 5. The number of nitrogens with zero attached hydrogens (tertiary/aromatic N) is 3. The first-order valence-corrected chi connectivity index (χ1v) is 9.28. The lowest BCUT2D eigenvalue weighted by Gasteiger charge is -2.23. The zero-order valence-corrected chi connectivity index (χ0v) is 15.0. The van der Waals surface area contributed by atoms with E-state index in [2.05, 4.69) is 18.0 Å². The molecule has 5 nitrogen and oxygen atoms in total. The Kier molecular flexibility index (Phi) is 7.29. The van der Waals surface area contributed by atoms with Crippen molar-refractivity contribution < 1.29 is 9.53 Å². The highest BCUT2D eigenvalue weighted by Crippen LogP contribution is 2.28. The van der Waals surface area contributed by atoms with E-state index < -0.39 is 0 Å². The van der Waals surface area contributed by atoms with Crippen molar-refractivity contribution in [1.82, 2.24) is 4.90 Å². The second-order valence-corrected chi connectivity index (χ2v) is 6.44. The van der Waals surface area contributed by atoms with Gasteiger partial charge >= 0.3 is 0 Å². The SMILES string of the molecule is CCOCCCN=C1SC[C@H](CC)N1C(=O)c1ccc(C#N)cc1. The quantitative estimate of drug-likeness (QED) is 0.711. The van der Waals surface area contributed by atoms with Crippen molar-refractivity contribution in [2.24, 2.45) is 4.99 Å². The van der Waals surface area contributed by atoms with E-state index in [-0.39, 0.29) is 11.9 Å². The van der Waals surface area contributed by atoms with Gasteiger partial charge in [-0.15, -0.1) is 0 Å². The van der Waals surface area contributed by atoms with Crippen molar-refractivity contribution in [2.75, 3.05) is 25.5 Å². The van der Waals surface area contributed by atoms with Crippen LogP contribution in [0.1, 0.15) is 42.6 Å². The Morgan fingerprint density at radius 3 is 2.79 bits per heavy atom. The smallest absolute Gasteiger partial charge is 0.260 e. The Morgan fingerprint density at radius 1 is 1.42 bits per heavy atom. The molecule has 1 fully saturated rings. The second-order valence-electron chi connectivity index (χ2n) is 5.45. The fourth-order valence-electron chi connectivity index (χ4n) is 2.46. The summed E-state index contributed by atoms with van der Waals surface area (Å²) in [5, 5.41) is 9.68. The Hall–Kier alpha value is -1.84.